The lowest BCUT2D eigenvalue weighted by Crippen LogP contribution is -2.55. The summed E-state index contributed by atoms with van der Waals surface area (Å²) in [5.74, 6) is 3.43. The van der Waals surface area contributed by atoms with Crippen molar-refractivity contribution >= 4 is 11.6 Å². The van der Waals surface area contributed by atoms with Crippen molar-refractivity contribution in [1.82, 2.24) is 4.98 Å². The fourth-order valence-corrected chi connectivity index (χ4v) is 7.04. The first-order chi connectivity index (χ1) is 9.92. The van der Waals surface area contributed by atoms with Gasteiger partial charge in [-0.05, 0) is 60.7 Å². The molecule has 5 rings (SSSR count). The quantitative estimate of drug-likeness (QED) is 0.732. The Kier molecular flexibility index (Phi) is 3.03. The summed E-state index contributed by atoms with van der Waals surface area (Å²) in [7, 11) is 0. The zero-order valence-corrected chi connectivity index (χ0v) is 14.0. The highest BCUT2D eigenvalue weighted by Gasteiger charge is 2.60. The first-order valence-electron chi connectivity index (χ1n) is 8.41. The van der Waals surface area contributed by atoms with E-state index in [1.165, 1.54) is 38.5 Å². The second-order valence-corrected chi connectivity index (χ2v) is 9.34. The highest BCUT2D eigenvalue weighted by Crippen LogP contribution is 2.70. The van der Waals surface area contributed by atoms with Crippen LogP contribution in [0.3, 0.4) is 0 Å². The summed E-state index contributed by atoms with van der Waals surface area (Å²) in [6, 6.07) is 0. The number of halogens is 1. The molecule has 4 fully saturated rings. The molecule has 4 bridgehead atoms. The van der Waals surface area contributed by atoms with Gasteiger partial charge in [0.2, 0.25) is 0 Å². The van der Waals surface area contributed by atoms with Gasteiger partial charge in [0, 0.05) is 18.7 Å². The van der Waals surface area contributed by atoms with Crippen LogP contribution in [0.5, 0.6) is 0 Å². The smallest absolute Gasteiger partial charge is 0.195 e. The number of alkyl halides is 1. The Labute approximate surface area is 132 Å². The number of rotatable bonds is 4. The molecule has 3 heteroatoms. The first-order valence-corrected chi connectivity index (χ1v) is 8.95. The van der Waals surface area contributed by atoms with Gasteiger partial charge in [-0.15, -0.1) is 11.6 Å². The summed E-state index contributed by atoms with van der Waals surface area (Å²) in [6.45, 7) is 5.06. The molecular weight excluding hydrogens is 282 g/mol. The number of hydrogen-bond acceptors (Lipinski definition) is 2. The zero-order chi connectivity index (χ0) is 14.7. The van der Waals surface area contributed by atoms with Crippen LogP contribution < -0.4 is 0 Å². The van der Waals surface area contributed by atoms with E-state index in [2.05, 4.69) is 18.8 Å². The van der Waals surface area contributed by atoms with Crippen molar-refractivity contribution < 1.29 is 4.42 Å². The molecular formula is C18H26ClNO. The lowest BCUT2D eigenvalue weighted by atomic mass is 9.40. The zero-order valence-electron chi connectivity index (χ0n) is 13.3. The van der Waals surface area contributed by atoms with E-state index in [0.717, 1.165) is 30.4 Å². The van der Waals surface area contributed by atoms with Gasteiger partial charge < -0.3 is 4.42 Å². The third kappa shape index (κ3) is 2.44. The fraction of sp³-hybridized carbons (Fsp3) is 0.833. The second-order valence-electron chi connectivity index (χ2n) is 8.97. The molecule has 4 aliphatic rings. The van der Waals surface area contributed by atoms with Gasteiger partial charge in [0.25, 0.3) is 0 Å². The van der Waals surface area contributed by atoms with E-state index < -0.39 is 0 Å². The van der Waals surface area contributed by atoms with Gasteiger partial charge in [0.05, 0.1) is 6.20 Å². The van der Waals surface area contributed by atoms with Crippen LogP contribution in [0.4, 0.5) is 0 Å². The van der Waals surface area contributed by atoms with E-state index >= 15 is 0 Å². The molecule has 1 heterocycles. The molecule has 0 aliphatic heterocycles. The molecule has 0 saturated heterocycles. The second kappa shape index (κ2) is 4.50. The third-order valence-electron chi connectivity index (χ3n) is 6.20. The Morgan fingerprint density at radius 1 is 1.19 bits per heavy atom. The standard InChI is InChI=1S/C18H26ClNO/c1-16-5-13-6-17(2,10-16)12-18(7-13,11-16)8-14-9-20-15(21-14)3-4-19/h9,13H,3-8,10-12H2,1-2H3. The summed E-state index contributed by atoms with van der Waals surface area (Å²) in [6.07, 6.45) is 12.3. The maximum atomic E-state index is 5.93. The Morgan fingerprint density at radius 2 is 1.90 bits per heavy atom. The van der Waals surface area contributed by atoms with Gasteiger partial charge in [-0.25, -0.2) is 4.98 Å². The van der Waals surface area contributed by atoms with E-state index in [4.69, 9.17) is 16.0 Å². The molecule has 0 N–H and O–H groups in total. The predicted molar refractivity (Wildman–Crippen MR) is 84.5 cm³/mol. The number of aromatic nitrogens is 1. The lowest BCUT2D eigenvalue weighted by Gasteiger charge is -2.65. The molecule has 4 aliphatic carbocycles. The normalized spacial score (nSPS) is 44.4. The Morgan fingerprint density at radius 3 is 2.52 bits per heavy atom. The maximum Gasteiger partial charge on any atom is 0.195 e. The Balaban J connectivity index is 1.59. The van der Waals surface area contributed by atoms with E-state index in [1.54, 1.807) is 0 Å². The van der Waals surface area contributed by atoms with Crippen LogP contribution in [0.15, 0.2) is 10.6 Å². The van der Waals surface area contributed by atoms with E-state index in [-0.39, 0.29) is 0 Å². The molecule has 0 aromatic carbocycles. The average molecular weight is 308 g/mol. The molecule has 21 heavy (non-hydrogen) atoms. The van der Waals surface area contributed by atoms with Crippen LogP contribution in [0.2, 0.25) is 0 Å². The maximum absolute atomic E-state index is 5.93. The van der Waals surface area contributed by atoms with Crippen LogP contribution >= 0.6 is 11.6 Å². The van der Waals surface area contributed by atoms with Crippen LogP contribution in [0.1, 0.15) is 64.0 Å². The highest BCUT2D eigenvalue weighted by atomic mass is 35.5. The third-order valence-corrected chi connectivity index (χ3v) is 6.39. The minimum absolute atomic E-state index is 0.473. The summed E-state index contributed by atoms with van der Waals surface area (Å²) in [5, 5.41) is 0. The SMILES string of the molecule is CC12CC3CC(C)(C1)CC(Cc1cnc(CCCl)o1)(C3)C2. The highest BCUT2D eigenvalue weighted by molar-refractivity contribution is 6.17. The van der Waals surface area contributed by atoms with Crippen molar-refractivity contribution in [1.29, 1.82) is 0 Å². The van der Waals surface area contributed by atoms with Gasteiger partial charge in [0.1, 0.15) is 5.76 Å². The fourth-order valence-electron chi connectivity index (χ4n) is 6.88. The van der Waals surface area contributed by atoms with Gasteiger partial charge in [-0.1, -0.05) is 13.8 Å². The summed E-state index contributed by atoms with van der Waals surface area (Å²) in [5.41, 5.74) is 1.63. The molecule has 2 unspecified atom stereocenters. The van der Waals surface area contributed by atoms with Gasteiger partial charge in [-0.2, -0.15) is 0 Å². The van der Waals surface area contributed by atoms with Crippen molar-refractivity contribution in [2.45, 2.75) is 65.2 Å². The molecule has 116 valence electrons. The molecule has 0 amide bonds. The molecule has 0 radical (unpaired) electrons. The monoisotopic (exact) mass is 307 g/mol. The number of hydrogen-bond donors (Lipinski definition) is 0. The Bertz CT molecular complexity index is 533. The molecule has 2 nitrogen and oxygen atoms in total. The average Bonchev–Trinajstić information content (AvgIpc) is 2.71. The topological polar surface area (TPSA) is 26.0 Å². The van der Waals surface area contributed by atoms with Crippen LogP contribution in [0.25, 0.3) is 0 Å². The van der Waals surface area contributed by atoms with E-state index in [0.29, 0.717) is 22.1 Å². The number of aryl methyl sites for hydroxylation is 1. The van der Waals surface area contributed by atoms with Crippen LogP contribution in [-0.4, -0.2) is 10.9 Å². The van der Waals surface area contributed by atoms with Gasteiger partial charge in [-0.3, -0.25) is 0 Å². The van der Waals surface area contributed by atoms with Gasteiger partial charge in [0.15, 0.2) is 5.89 Å². The van der Waals surface area contributed by atoms with Crippen molar-refractivity contribution in [3.63, 3.8) is 0 Å². The minimum atomic E-state index is 0.473. The molecule has 0 spiro atoms. The first kappa shape index (κ1) is 14.1. The number of nitrogens with zero attached hydrogens (tertiary/aromatic N) is 1. The Hall–Kier alpha value is -0.500. The van der Waals surface area contributed by atoms with Crippen molar-refractivity contribution in [2.24, 2.45) is 22.2 Å². The molecule has 2 atom stereocenters. The van der Waals surface area contributed by atoms with Crippen molar-refractivity contribution in [3.8, 4) is 0 Å². The molecule has 4 saturated carbocycles. The molecule has 1 aromatic heterocycles. The lowest BCUT2D eigenvalue weighted by molar-refractivity contribution is -0.145. The number of oxazole rings is 1. The predicted octanol–water partition coefficient (Wildman–Crippen LogP) is 5.00. The summed E-state index contributed by atoms with van der Waals surface area (Å²) >= 11 is 5.78. The van der Waals surface area contributed by atoms with Crippen LogP contribution in [-0.2, 0) is 12.8 Å². The van der Waals surface area contributed by atoms with Crippen LogP contribution in [0, 0.1) is 22.2 Å². The minimum Gasteiger partial charge on any atom is -0.446 e. The molecule has 1 aromatic rings. The largest absolute Gasteiger partial charge is 0.446 e. The van der Waals surface area contributed by atoms with Gasteiger partial charge >= 0.3 is 0 Å². The summed E-state index contributed by atoms with van der Waals surface area (Å²) in [4.78, 5) is 4.39. The van der Waals surface area contributed by atoms with E-state index in [9.17, 15) is 0 Å². The van der Waals surface area contributed by atoms with E-state index in [1.807, 2.05) is 6.20 Å². The summed E-state index contributed by atoms with van der Waals surface area (Å²) < 4.78 is 5.93. The van der Waals surface area contributed by atoms with Crippen molar-refractivity contribution in [3.05, 3.63) is 17.8 Å². The van der Waals surface area contributed by atoms with Crippen molar-refractivity contribution in [2.75, 3.05) is 5.88 Å².